The molecular weight excluding hydrogens is 422 g/mol. The molecule has 0 bridgehead atoms. The molecule has 0 spiro atoms. The maximum absolute atomic E-state index is 13.3. The van der Waals surface area contributed by atoms with Crippen LogP contribution in [0.3, 0.4) is 0 Å². The topological polar surface area (TPSA) is 60.5 Å². The van der Waals surface area contributed by atoms with Gasteiger partial charge in [-0.1, -0.05) is 23.7 Å². The third kappa shape index (κ3) is 4.43. The molecule has 0 fully saturated rings. The van der Waals surface area contributed by atoms with Gasteiger partial charge in [0.1, 0.15) is 10.6 Å². The van der Waals surface area contributed by atoms with Crippen LogP contribution in [-0.2, 0) is 17.8 Å². The maximum Gasteiger partial charge on any atom is 0.264 e. The van der Waals surface area contributed by atoms with Crippen molar-refractivity contribution in [2.75, 3.05) is 20.3 Å². The monoisotopic (exact) mass is 443 g/mol. The number of carbonyl (C=O) groups is 1. The quantitative estimate of drug-likeness (QED) is 0.385. The normalized spacial score (nSPS) is 11.3. The van der Waals surface area contributed by atoms with Crippen molar-refractivity contribution in [2.45, 2.75) is 20.0 Å². The van der Waals surface area contributed by atoms with Crippen molar-refractivity contribution in [3.63, 3.8) is 0 Å². The van der Waals surface area contributed by atoms with Gasteiger partial charge in [0.05, 0.1) is 36.5 Å². The van der Waals surface area contributed by atoms with Gasteiger partial charge in [-0.05, 0) is 42.8 Å². The summed E-state index contributed by atoms with van der Waals surface area (Å²) in [5.74, 6) is 0.702. The van der Waals surface area contributed by atoms with Crippen LogP contribution in [0.15, 0.2) is 53.1 Å². The van der Waals surface area contributed by atoms with Gasteiger partial charge in [-0.25, -0.2) is 0 Å². The molecule has 0 aliphatic rings. The van der Waals surface area contributed by atoms with Crippen molar-refractivity contribution >= 4 is 39.1 Å². The number of amides is 1. The predicted molar refractivity (Wildman–Crippen MR) is 118 cm³/mol. The minimum absolute atomic E-state index is 0.0397. The summed E-state index contributed by atoms with van der Waals surface area (Å²) in [6.45, 7) is 3.93. The van der Waals surface area contributed by atoms with Crippen molar-refractivity contribution in [3.8, 4) is 0 Å². The van der Waals surface area contributed by atoms with E-state index in [0.717, 1.165) is 27.2 Å². The number of nitrogens with zero attached hydrogens (tertiary/aromatic N) is 3. The SMILES string of the molecule is COCCN(Cc1ccco1)C(=O)c1cc2c(C)nn(Cc3ccc(Cl)cc3)c2s1. The number of aryl methyl sites for hydroxylation is 1. The van der Waals surface area contributed by atoms with Gasteiger partial charge in [0.25, 0.3) is 5.91 Å². The van der Waals surface area contributed by atoms with Crippen molar-refractivity contribution in [1.82, 2.24) is 14.7 Å². The van der Waals surface area contributed by atoms with Crippen molar-refractivity contribution in [3.05, 3.63) is 75.6 Å². The lowest BCUT2D eigenvalue weighted by Crippen LogP contribution is -2.32. The van der Waals surface area contributed by atoms with Crippen LogP contribution in [-0.4, -0.2) is 40.8 Å². The van der Waals surface area contributed by atoms with Gasteiger partial charge in [-0.15, -0.1) is 11.3 Å². The van der Waals surface area contributed by atoms with E-state index in [2.05, 4.69) is 5.10 Å². The third-order valence-electron chi connectivity index (χ3n) is 4.84. The molecule has 30 heavy (non-hydrogen) atoms. The highest BCUT2D eigenvalue weighted by atomic mass is 35.5. The van der Waals surface area contributed by atoms with Crippen molar-refractivity contribution in [2.24, 2.45) is 0 Å². The second-order valence-corrected chi connectivity index (χ2v) is 8.46. The average Bonchev–Trinajstić information content (AvgIpc) is 3.46. The fraction of sp³-hybridized carbons (Fsp3) is 0.273. The van der Waals surface area contributed by atoms with E-state index in [1.165, 1.54) is 11.3 Å². The summed E-state index contributed by atoms with van der Waals surface area (Å²) in [6, 6.07) is 13.3. The highest BCUT2D eigenvalue weighted by Gasteiger charge is 2.22. The number of fused-ring (bicyclic) bond motifs is 1. The van der Waals surface area contributed by atoms with Crippen molar-refractivity contribution in [1.29, 1.82) is 0 Å². The smallest absolute Gasteiger partial charge is 0.264 e. The molecular formula is C22H22ClN3O3S. The summed E-state index contributed by atoms with van der Waals surface area (Å²) in [7, 11) is 1.63. The first kappa shape index (κ1) is 20.7. The van der Waals surface area contributed by atoms with Gasteiger partial charge in [0, 0.05) is 24.1 Å². The Labute approximate surface area is 183 Å². The zero-order valence-corrected chi connectivity index (χ0v) is 18.4. The van der Waals surface area contributed by atoms with E-state index in [-0.39, 0.29) is 5.91 Å². The number of thiophene rings is 1. The van der Waals surface area contributed by atoms with Crippen LogP contribution in [0.25, 0.3) is 10.2 Å². The van der Waals surface area contributed by atoms with Crippen LogP contribution in [0.2, 0.25) is 5.02 Å². The first-order valence-electron chi connectivity index (χ1n) is 9.57. The predicted octanol–water partition coefficient (Wildman–Crippen LogP) is 4.99. The third-order valence-corrected chi connectivity index (χ3v) is 6.23. The molecule has 0 saturated heterocycles. The molecule has 1 aromatic carbocycles. The Kier molecular flexibility index (Phi) is 6.22. The summed E-state index contributed by atoms with van der Waals surface area (Å²) in [4.78, 5) is 16.7. The molecule has 0 aliphatic carbocycles. The Morgan fingerprint density at radius 1 is 1.30 bits per heavy atom. The van der Waals surface area contributed by atoms with Crippen LogP contribution in [0, 0.1) is 6.92 Å². The van der Waals surface area contributed by atoms with Crippen LogP contribution < -0.4 is 0 Å². The van der Waals surface area contributed by atoms with E-state index in [4.69, 9.17) is 20.8 Å². The molecule has 3 heterocycles. The van der Waals surface area contributed by atoms with Gasteiger partial charge in [0.2, 0.25) is 0 Å². The maximum atomic E-state index is 13.3. The summed E-state index contributed by atoms with van der Waals surface area (Å²) in [5, 5.41) is 6.37. The second-order valence-electron chi connectivity index (χ2n) is 7.00. The summed E-state index contributed by atoms with van der Waals surface area (Å²) < 4.78 is 12.6. The fourth-order valence-electron chi connectivity index (χ4n) is 3.29. The molecule has 156 valence electrons. The van der Waals surface area contributed by atoms with Crippen LogP contribution in [0.1, 0.15) is 26.7 Å². The van der Waals surface area contributed by atoms with E-state index in [1.807, 2.05) is 54.1 Å². The molecule has 4 rings (SSSR count). The number of furan rings is 1. The van der Waals surface area contributed by atoms with Gasteiger partial charge in [0.15, 0.2) is 0 Å². The van der Waals surface area contributed by atoms with Gasteiger partial charge in [-0.3, -0.25) is 9.48 Å². The van der Waals surface area contributed by atoms with E-state index >= 15 is 0 Å². The number of hydrogen-bond donors (Lipinski definition) is 0. The number of benzene rings is 1. The molecule has 0 aliphatic heterocycles. The zero-order valence-electron chi connectivity index (χ0n) is 16.8. The van der Waals surface area contributed by atoms with Crippen LogP contribution >= 0.6 is 22.9 Å². The van der Waals surface area contributed by atoms with E-state index in [1.54, 1.807) is 18.3 Å². The highest BCUT2D eigenvalue weighted by molar-refractivity contribution is 7.20. The lowest BCUT2D eigenvalue weighted by atomic mass is 10.2. The lowest BCUT2D eigenvalue weighted by Gasteiger charge is -2.20. The number of halogens is 1. The number of ether oxygens (including phenoxy) is 1. The minimum Gasteiger partial charge on any atom is -0.467 e. The van der Waals surface area contributed by atoms with Gasteiger partial charge in [-0.2, -0.15) is 5.10 Å². The molecule has 8 heteroatoms. The van der Waals surface area contributed by atoms with Crippen LogP contribution in [0.5, 0.6) is 0 Å². The first-order chi connectivity index (χ1) is 14.5. The molecule has 0 unspecified atom stereocenters. The Morgan fingerprint density at radius 3 is 2.80 bits per heavy atom. The molecule has 1 amide bonds. The Morgan fingerprint density at radius 2 is 2.10 bits per heavy atom. The second kappa shape index (κ2) is 9.04. The Balaban J connectivity index is 1.61. The number of methoxy groups -OCH3 is 1. The summed E-state index contributed by atoms with van der Waals surface area (Å²) >= 11 is 7.45. The molecule has 0 saturated carbocycles. The van der Waals surface area contributed by atoms with E-state index in [0.29, 0.717) is 36.1 Å². The summed E-state index contributed by atoms with van der Waals surface area (Å²) in [6.07, 6.45) is 1.61. The minimum atomic E-state index is -0.0397. The Bertz CT molecular complexity index is 1130. The van der Waals surface area contributed by atoms with Crippen LogP contribution in [0.4, 0.5) is 0 Å². The molecule has 0 atom stereocenters. The molecule has 0 N–H and O–H groups in total. The number of rotatable bonds is 8. The molecule has 0 radical (unpaired) electrons. The molecule has 4 aromatic rings. The van der Waals surface area contributed by atoms with Gasteiger partial charge >= 0.3 is 0 Å². The number of hydrogen-bond acceptors (Lipinski definition) is 5. The van der Waals surface area contributed by atoms with Crippen molar-refractivity contribution < 1.29 is 13.9 Å². The lowest BCUT2D eigenvalue weighted by molar-refractivity contribution is 0.0671. The fourth-order valence-corrected chi connectivity index (χ4v) is 4.54. The zero-order chi connectivity index (χ0) is 21.1. The van der Waals surface area contributed by atoms with Gasteiger partial charge < -0.3 is 14.1 Å². The molecule has 3 aromatic heterocycles. The first-order valence-corrected chi connectivity index (χ1v) is 10.8. The standard InChI is InChI=1S/C22H22ClN3O3S/c1-15-19-12-20(21(27)25(9-11-28-2)14-18-4-3-10-29-18)30-22(19)26(24-15)13-16-5-7-17(23)8-6-16/h3-8,10,12H,9,11,13-14H2,1-2H3. The molecule has 6 nitrogen and oxygen atoms in total. The summed E-state index contributed by atoms with van der Waals surface area (Å²) in [5.41, 5.74) is 2.01. The van der Waals surface area contributed by atoms with E-state index in [9.17, 15) is 4.79 Å². The van der Waals surface area contributed by atoms with E-state index < -0.39 is 0 Å². The average molecular weight is 444 g/mol. The highest BCUT2D eigenvalue weighted by Crippen LogP contribution is 2.30. The largest absolute Gasteiger partial charge is 0.467 e. The number of carbonyl (C=O) groups excluding carboxylic acids is 1. The number of aromatic nitrogens is 2. The Hall–Kier alpha value is -2.61.